The average molecular weight is 245 g/mol. The fourth-order valence-corrected chi connectivity index (χ4v) is 1.53. The fraction of sp³-hybridized carbons (Fsp3) is 0.700. The van der Waals surface area contributed by atoms with Gasteiger partial charge in [-0.3, -0.25) is 0 Å². The summed E-state index contributed by atoms with van der Waals surface area (Å²) in [6, 6.07) is 0.578. The molecule has 0 unspecified atom stereocenters. The normalized spacial score (nSPS) is 10.6. The lowest BCUT2D eigenvalue weighted by atomic mass is 10.3. The van der Waals surface area contributed by atoms with E-state index in [-0.39, 0.29) is 11.3 Å². The average Bonchev–Trinajstić information content (AvgIpc) is 2.17. The maximum atomic E-state index is 5.82. The topological polar surface area (TPSA) is 51.1 Å². The lowest BCUT2D eigenvalue weighted by molar-refractivity contribution is 0.311. The van der Waals surface area contributed by atoms with Gasteiger partial charge in [0, 0.05) is 12.6 Å². The molecule has 1 heterocycles. The van der Waals surface area contributed by atoms with Crippen molar-refractivity contribution in [3.05, 3.63) is 5.28 Å². The zero-order valence-electron chi connectivity index (χ0n) is 10.1. The van der Waals surface area contributed by atoms with Gasteiger partial charge in [-0.05, 0) is 39.3 Å². The second-order valence-corrected chi connectivity index (χ2v) is 3.84. The van der Waals surface area contributed by atoms with Gasteiger partial charge >= 0.3 is 6.01 Å². The summed E-state index contributed by atoms with van der Waals surface area (Å²) in [5.41, 5.74) is 0. The van der Waals surface area contributed by atoms with Crippen LogP contribution < -0.4 is 9.64 Å². The summed E-state index contributed by atoms with van der Waals surface area (Å²) >= 11 is 5.82. The molecule has 0 aliphatic heterocycles. The Morgan fingerprint density at radius 2 is 1.94 bits per heavy atom. The molecule has 0 amide bonds. The van der Waals surface area contributed by atoms with Crippen LogP contribution >= 0.6 is 11.6 Å². The first-order chi connectivity index (χ1) is 7.58. The predicted octanol–water partition coefficient (Wildman–Crippen LogP) is 2.16. The third-order valence-electron chi connectivity index (χ3n) is 2.07. The summed E-state index contributed by atoms with van der Waals surface area (Å²) in [5.74, 6) is 0.556. The second kappa shape index (κ2) is 5.84. The van der Waals surface area contributed by atoms with Crippen molar-refractivity contribution in [1.82, 2.24) is 15.0 Å². The summed E-state index contributed by atoms with van der Waals surface area (Å²) in [6.07, 6.45) is 0. The van der Waals surface area contributed by atoms with E-state index in [1.54, 1.807) is 0 Å². The van der Waals surface area contributed by atoms with E-state index in [2.05, 4.69) is 28.8 Å². The summed E-state index contributed by atoms with van der Waals surface area (Å²) in [4.78, 5) is 14.2. The smallest absolute Gasteiger partial charge is 0.322 e. The van der Waals surface area contributed by atoms with Gasteiger partial charge in [0.15, 0.2) is 0 Å². The van der Waals surface area contributed by atoms with Gasteiger partial charge in [0.1, 0.15) is 0 Å². The molecule has 0 aliphatic carbocycles. The van der Waals surface area contributed by atoms with E-state index < -0.39 is 0 Å². The predicted molar refractivity (Wildman–Crippen MR) is 64.2 cm³/mol. The minimum Gasteiger partial charge on any atom is -0.464 e. The van der Waals surface area contributed by atoms with Crippen molar-refractivity contribution in [2.24, 2.45) is 0 Å². The molecule has 0 atom stereocenters. The summed E-state index contributed by atoms with van der Waals surface area (Å²) in [7, 11) is 0. The zero-order chi connectivity index (χ0) is 12.1. The first-order valence-electron chi connectivity index (χ1n) is 5.39. The molecule has 1 aromatic rings. The number of nitrogens with zero attached hydrogens (tertiary/aromatic N) is 4. The van der Waals surface area contributed by atoms with E-state index >= 15 is 0 Å². The van der Waals surface area contributed by atoms with Crippen LogP contribution in [-0.2, 0) is 0 Å². The quantitative estimate of drug-likeness (QED) is 0.795. The van der Waals surface area contributed by atoms with Gasteiger partial charge in [-0.25, -0.2) is 0 Å². The Labute approximate surface area is 101 Å². The minimum absolute atomic E-state index is 0.160. The molecular formula is C10H17ClN4O. The van der Waals surface area contributed by atoms with Crippen molar-refractivity contribution < 1.29 is 4.74 Å². The molecule has 0 saturated carbocycles. The molecule has 0 fully saturated rings. The van der Waals surface area contributed by atoms with E-state index in [0.717, 1.165) is 6.54 Å². The van der Waals surface area contributed by atoms with E-state index in [1.165, 1.54) is 0 Å². The van der Waals surface area contributed by atoms with Crippen LogP contribution in [0.25, 0.3) is 0 Å². The van der Waals surface area contributed by atoms with Gasteiger partial charge in [0.2, 0.25) is 11.2 Å². The highest BCUT2D eigenvalue weighted by Gasteiger charge is 2.14. The molecule has 0 aliphatic rings. The van der Waals surface area contributed by atoms with Gasteiger partial charge in [0.05, 0.1) is 6.61 Å². The van der Waals surface area contributed by atoms with Gasteiger partial charge in [-0.2, -0.15) is 15.0 Å². The van der Waals surface area contributed by atoms with Gasteiger partial charge in [0.25, 0.3) is 0 Å². The Kier molecular flexibility index (Phi) is 4.73. The SMILES string of the molecule is CCOc1nc(Cl)nc(N(CC)C(C)C)n1. The van der Waals surface area contributed by atoms with E-state index in [1.807, 2.05) is 18.7 Å². The number of halogens is 1. The monoisotopic (exact) mass is 244 g/mol. The van der Waals surface area contributed by atoms with E-state index in [9.17, 15) is 0 Å². The third kappa shape index (κ3) is 3.20. The Morgan fingerprint density at radius 3 is 2.44 bits per heavy atom. The second-order valence-electron chi connectivity index (χ2n) is 3.50. The standard InChI is InChI=1S/C10H17ClN4O/c1-5-15(7(3)4)9-12-8(11)13-10(14-9)16-6-2/h7H,5-6H2,1-4H3. The lowest BCUT2D eigenvalue weighted by Gasteiger charge is -2.24. The van der Waals surface area contributed by atoms with E-state index in [0.29, 0.717) is 18.6 Å². The van der Waals surface area contributed by atoms with Crippen molar-refractivity contribution in [1.29, 1.82) is 0 Å². The van der Waals surface area contributed by atoms with Crippen LogP contribution in [-0.4, -0.2) is 34.1 Å². The number of anilines is 1. The molecule has 0 radical (unpaired) electrons. The van der Waals surface area contributed by atoms with Crippen LogP contribution in [0.4, 0.5) is 5.95 Å². The van der Waals surface area contributed by atoms with Crippen molar-refractivity contribution >= 4 is 17.5 Å². The highest BCUT2D eigenvalue weighted by Crippen LogP contribution is 2.16. The molecule has 0 bridgehead atoms. The van der Waals surface area contributed by atoms with Gasteiger partial charge in [-0.1, -0.05) is 0 Å². The number of hydrogen-bond donors (Lipinski definition) is 0. The molecule has 1 aromatic heterocycles. The Bertz CT molecular complexity index is 346. The molecule has 0 aromatic carbocycles. The van der Waals surface area contributed by atoms with Crippen LogP contribution in [0.15, 0.2) is 0 Å². The van der Waals surface area contributed by atoms with Crippen molar-refractivity contribution in [2.45, 2.75) is 33.7 Å². The molecule has 0 N–H and O–H groups in total. The summed E-state index contributed by atoms with van der Waals surface area (Å²) in [6.45, 7) is 9.37. The first-order valence-corrected chi connectivity index (χ1v) is 5.77. The molecule has 0 saturated heterocycles. The maximum absolute atomic E-state index is 5.82. The van der Waals surface area contributed by atoms with Gasteiger partial charge < -0.3 is 9.64 Å². The lowest BCUT2D eigenvalue weighted by Crippen LogP contribution is -2.32. The molecule has 90 valence electrons. The van der Waals surface area contributed by atoms with Crippen molar-refractivity contribution in [2.75, 3.05) is 18.1 Å². The van der Waals surface area contributed by atoms with Gasteiger partial charge in [-0.15, -0.1) is 0 Å². The number of ether oxygens (including phenoxy) is 1. The first kappa shape index (κ1) is 13.0. The Morgan fingerprint density at radius 1 is 1.25 bits per heavy atom. The zero-order valence-corrected chi connectivity index (χ0v) is 10.8. The summed E-state index contributed by atoms with van der Waals surface area (Å²) < 4.78 is 5.23. The van der Waals surface area contributed by atoms with Crippen molar-refractivity contribution in [3.63, 3.8) is 0 Å². The van der Waals surface area contributed by atoms with Crippen LogP contribution in [0.5, 0.6) is 6.01 Å². The Hall–Kier alpha value is -1.10. The highest BCUT2D eigenvalue weighted by atomic mass is 35.5. The largest absolute Gasteiger partial charge is 0.464 e. The molecule has 1 rings (SSSR count). The minimum atomic E-state index is 0.160. The Balaban J connectivity index is 3.02. The van der Waals surface area contributed by atoms with Crippen molar-refractivity contribution in [3.8, 4) is 6.01 Å². The number of rotatable bonds is 5. The molecule has 5 nitrogen and oxygen atoms in total. The highest BCUT2D eigenvalue weighted by molar-refractivity contribution is 6.28. The van der Waals surface area contributed by atoms with Crippen LogP contribution in [0.2, 0.25) is 5.28 Å². The number of aromatic nitrogens is 3. The maximum Gasteiger partial charge on any atom is 0.322 e. The van der Waals surface area contributed by atoms with Crippen LogP contribution in [0, 0.1) is 0 Å². The number of hydrogen-bond acceptors (Lipinski definition) is 5. The fourth-order valence-electron chi connectivity index (χ4n) is 1.38. The van der Waals surface area contributed by atoms with Crippen LogP contribution in [0.3, 0.4) is 0 Å². The molecule has 16 heavy (non-hydrogen) atoms. The molecule has 6 heteroatoms. The summed E-state index contributed by atoms with van der Waals surface area (Å²) in [5, 5.41) is 0.160. The van der Waals surface area contributed by atoms with E-state index in [4.69, 9.17) is 16.3 Å². The van der Waals surface area contributed by atoms with Crippen LogP contribution in [0.1, 0.15) is 27.7 Å². The molecule has 0 spiro atoms. The molecular weight excluding hydrogens is 228 g/mol. The third-order valence-corrected chi connectivity index (χ3v) is 2.24.